The van der Waals surface area contributed by atoms with Gasteiger partial charge in [0.2, 0.25) is 5.13 Å². The summed E-state index contributed by atoms with van der Waals surface area (Å²) in [6.07, 6.45) is 9.78. The Labute approximate surface area is 122 Å². The van der Waals surface area contributed by atoms with E-state index in [1.807, 2.05) is 11.6 Å². The van der Waals surface area contributed by atoms with Crippen LogP contribution in [0.15, 0.2) is 29.3 Å². The summed E-state index contributed by atoms with van der Waals surface area (Å²) in [5.41, 5.74) is 8.16. The van der Waals surface area contributed by atoms with Gasteiger partial charge in [0.25, 0.3) is 0 Å². The molecule has 0 fully saturated rings. The summed E-state index contributed by atoms with van der Waals surface area (Å²) in [5, 5.41) is 2.60. The van der Waals surface area contributed by atoms with Gasteiger partial charge in [0, 0.05) is 11.6 Å². The number of carbonyl (C=O) groups excluding carboxylic acids is 1. The molecule has 1 aliphatic rings. The molecule has 0 amide bonds. The van der Waals surface area contributed by atoms with Crippen molar-refractivity contribution in [3.8, 4) is 0 Å². The molecule has 2 rings (SSSR count). The Morgan fingerprint density at radius 1 is 1.55 bits per heavy atom. The molecule has 1 aliphatic carbocycles. The van der Waals surface area contributed by atoms with E-state index < -0.39 is 0 Å². The molecule has 5 nitrogen and oxygen atoms in total. The van der Waals surface area contributed by atoms with Crippen molar-refractivity contribution in [2.75, 3.05) is 12.0 Å². The Hall–Kier alpha value is -1.82. The number of nitrogens with zero attached hydrogens (tertiary/aromatic N) is 1. The second-order valence-electron chi connectivity index (χ2n) is 4.41. The van der Waals surface area contributed by atoms with E-state index in [1.54, 1.807) is 6.92 Å². The van der Waals surface area contributed by atoms with Gasteiger partial charge in [-0.25, -0.2) is 4.98 Å². The average Bonchev–Trinajstić information content (AvgIpc) is 2.88. The van der Waals surface area contributed by atoms with Crippen molar-refractivity contribution in [1.82, 2.24) is 10.4 Å². The minimum atomic E-state index is -0.242. The molecule has 108 valence electrons. The predicted molar refractivity (Wildman–Crippen MR) is 80.3 cm³/mol. The maximum Gasteiger partial charge on any atom is 0.311 e. The highest BCUT2D eigenvalue weighted by Gasteiger charge is 2.08. The van der Waals surface area contributed by atoms with Gasteiger partial charge in [0.05, 0.1) is 18.7 Å². The first-order chi connectivity index (χ1) is 9.78. The molecular formula is C14H19N3O2S. The third-order valence-corrected chi connectivity index (χ3v) is 3.62. The molecule has 0 spiro atoms. The van der Waals surface area contributed by atoms with Crippen LogP contribution in [0.25, 0.3) is 0 Å². The van der Waals surface area contributed by atoms with Crippen LogP contribution in [0.1, 0.15) is 31.9 Å². The maximum atomic E-state index is 11.3. The third-order valence-electron chi connectivity index (χ3n) is 2.82. The molecular weight excluding hydrogens is 274 g/mol. The fraction of sp³-hybridized carbons (Fsp3) is 0.429. The van der Waals surface area contributed by atoms with E-state index in [4.69, 9.17) is 4.74 Å². The summed E-state index contributed by atoms with van der Waals surface area (Å²) in [6.45, 7) is 2.20. The van der Waals surface area contributed by atoms with Gasteiger partial charge in [-0.15, -0.1) is 11.3 Å². The number of hydrogen-bond acceptors (Lipinski definition) is 6. The predicted octanol–water partition coefficient (Wildman–Crippen LogP) is 2.79. The number of allylic oxidation sites excluding steroid dienone is 3. The van der Waals surface area contributed by atoms with Crippen LogP contribution in [-0.4, -0.2) is 17.6 Å². The van der Waals surface area contributed by atoms with Gasteiger partial charge in [0.15, 0.2) is 0 Å². The standard InChI is InChI=1S/C14H19N3O2S/c1-2-19-13(18)8-12-10-20-14(16-12)17-15-9-11-6-4-3-5-7-11/h3-4,9-10,15H,2,5-8H2,1H3,(H,16,17). The van der Waals surface area contributed by atoms with Crippen LogP contribution in [0, 0.1) is 0 Å². The molecule has 0 bridgehead atoms. The van der Waals surface area contributed by atoms with Crippen LogP contribution in [0.4, 0.5) is 5.13 Å². The lowest BCUT2D eigenvalue weighted by Crippen LogP contribution is -2.15. The molecule has 2 N–H and O–H groups in total. The van der Waals surface area contributed by atoms with Crippen molar-refractivity contribution in [3.05, 3.63) is 35.0 Å². The van der Waals surface area contributed by atoms with E-state index in [-0.39, 0.29) is 12.4 Å². The summed E-state index contributed by atoms with van der Waals surface area (Å²) in [6, 6.07) is 0. The van der Waals surface area contributed by atoms with Gasteiger partial charge in [-0.2, -0.15) is 0 Å². The number of esters is 1. The molecule has 0 atom stereocenters. The first kappa shape index (κ1) is 14.6. The number of aromatic nitrogens is 1. The number of carbonyl (C=O) groups is 1. The zero-order valence-corrected chi connectivity index (χ0v) is 12.3. The molecule has 0 aliphatic heterocycles. The third kappa shape index (κ3) is 4.70. The molecule has 0 aromatic carbocycles. The zero-order chi connectivity index (χ0) is 14.2. The van der Waals surface area contributed by atoms with Gasteiger partial charge >= 0.3 is 5.97 Å². The monoisotopic (exact) mass is 293 g/mol. The number of anilines is 1. The lowest BCUT2D eigenvalue weighted by Gasteiger charge is -2.09. The van der Waals surface area contributed by atoms with Gasteiger partial charge in [-0.05, 0) is 31.8 Å². The molecule has 0 saturated heterocycles. The van der Waals surface area contributed by atoms with Crippen molar-refractivity contribution >= 4 is 22.4 Å². The van der Waals surface area contributed by atoms with Crippen molar-refractivity contribution in [3.63, 3.8) is 0 Å². The second kappa shape index (κ2) is 7.69. The molecule has 1 aromatic heterocycles. The fourth-order valence-electron chi connectivity index (χ4n) is 1.86. The van der Waals surface area contributed by atoms with E-state index in [0.717, 1.165) is 30.1 Å². The number of hydrazine groups is 1. The molecule has 20 heavy (non-hydrogen) atoms. The Morgan fingerprint density at radius 2 is 2.45 bits per heavy atom. The summed E-state index contributed by atoms with van der Waals surface area (Å²) in [5.74, 6) is -0.242. The first-order valence-corrected chi connectivity index (χ1v) is 7.60. The largest absolute Gasteiger partial charge is 0.466 e. The normalized spacial score (nSPS) is 16.1. The smallest absolute Gasteiger partial charge is 0.311 e. The summed E-state index contributed by atoms with van der Waals surface area (Å²) in [7, 11) is 0. The van der Waals surface area contributed by atoms with E-state index in [2.05, 4.69) is 28.0 Å². The topological polar surface area (TPSA) is 63.2 Å². The molecule has 0 saturated carbocycles. The minimum absolute atomic E-state index is 0.220. The lowest BCUT2D eigenvalue weighted by molar-refractivity contribution is -0.142. The molecule has 0 radical (unpaired) electrons. The molecule has 1 aromatic rings. The van der Waals surface area contributed by atoms with Crippen molar-refractivity contribution < 1.29 is 9.53 Å². The summed E-state index contributed by atoms with van der Waals surface area (Å²) < 4.78 is 4.89. The number of nitrogens with one attached hydrogen (secondary N) is 2. The highest BCUT2D eigenvalue weighted by molar-refractivity contribution is 7.13. The Morgan fingerprint density at radius 3 is 3.20 bits per heavy atom. The highest BCUT2D eigenvalue weighted by atomic mass is 32.1. The Balaban J connectivity index is 1.78. The van der Waals surface area contributed by atoms with Crippen LogP contribution in [0.3, 0.4) is 0 Å². The van der Waals surface area contributed by atoms with Crippen LogP contribution < -0.4 is 10.9 Å². The number of rotatable bonds is 6. The maximum absolute atomic E-state index is 11.3. The number of thiazole rings is 1. The van der Waals surface area contributed by atoms with Crippen molar-refractivity contribution in [1.29, 1.82) is 0 Å². The van der Waals surface area contributed by atoms with E-state index >= 15 is 0 Å². The van der Waals surface area contributed by atoms with Crippen LogP contribution in [0.2, 0.25) is 0 Å². The quantitative estimate of drug-likeness (QED) is 0.480. The van der Waals surface area contributed by atoms with Crippen LogP contribution in [-0.2, 0) is 16.0 Å². The molecule has 0 unspecified atom stereocenters. The first-order valence-electron chi connectivity index (χ1n) is 6.72. The number of ether oxygens (including phenoxy) is 1. The minimum Gasteiger partial charge on any atom is -0.466 e. The van der Waals surface area contributed by atoms with E-state index in [1.165, 1.54) is 16.9 Å². The second-order valence-corrected chi connectivity index (χ2v) is 5.27. The fourth-order valence-corrected chi connectivity index (χ4v) is 2.53. The average molecular weight is 293 g/mol. The van der Waals surface area contributed by atoms with Gasteiger partial charge in [-0.3, -0.25) is 10.2 Å². The van der Waals surface area contributed by atoms with Crippen molar-refractivity contribution in [2.24, 2.45) is 0 Å². The van der Waals surface area contributed by atoms with E-state index in [0.29, 0.717) is 6.61 Å². The molecule has 1 heterocycles. The lowest BCUT2D eigenvalue weighted by atomic mass is 10.0. The number of hydrogen-bond donors (Lipinski definition) is 2. The Bertz CT molecular complexity index is 508. The zero-order valence-electron chi connectivity index (χ0n) is 11.5. The highest BCUT2D eigenvalue weighted by Crippen LogP contribution is 2.17. The molecule has 6 heteroatoms. The van der Waals surface area contributed by atoms with Crippen LogP contribution in [0.5, 0.6) is 0 Å². The SMILES string of the molecule is CCOC(=O)Cc1csc(NNC=C2CC=CCC2)n1. The van der Waals surface area contributed by atoms with Crippen LogP contribution >= 0.6 is 11.3 Å². The van der Waals surface area contributed by atoms with Gasteiger partial charge in [0.1, 0.15) is 0 Å². The summed E-state index contributed by atoms with van der Waals surface area (Å²) >= 11 is 1.46. The summed E-state index contributed by atoms with van der Waals surface area (Å²) in [4.78, 5) is 15.6. The van der Waals surface area contributed by atoms with Crippen molar-refractivity contribution in [2.45, 2.75) is 32.6 Å². The van der Waals surface area contributed by atoms with Gasteiger partial charge < -0.3 is 10.2 Å². The van der Waals surface area contributed by atoms with E-state index in [9.17, 15) is 4.79 Å². The van der Waals surface area contributed by atoms with Gasteiger partial charge in [-0.1, -0.05) is 12.2 Å². The Kier molecular flexibility index (Phi) is 5.61.